The molecule has 2 aromatic rings. The fourth-order valence-electron chi connectivity index (χ4n) is 2.48. The topological polar surface area (TPSA) is 75.4 Å². The third-order valence-electron chi connectivity index (χ3n) is 3.40. The Bertz CT molecular complexity index is 674. The number of urea groups is 1. The zero-order valence-electron chi connectivity index (χ0n) is 12.7. The van der Waals surface area contributed by atoms with Crippen LogP contribution in [0.5, 0.6) is 0 Å². The first-order valence-electron chi connectivity index (χ1n) is 7.07. The van der Waals surface area contributed by atoms with Gasteiger partial charge in [0.05, 0.1) is 12.6 Å². The number of halogens is 1. The number of hydrogen-bond donors (Lipinski definition) is 2. The van der Waals surface area contributed by atoms with Crippen molar-refractivity contribution >= 4 is 11.9 Å². The maximum Gasteiger partial charge on any atom is 0.318 e. The van der Waals surface area contributed by atoms with Crippen molar-refractivity contribution in [2.45, 2.75) is 6.04 Å². The molecule has 1 atom stereocenters. The van der Waals surface area contributed by atoms with E-state index in [1.165, 1.54) is 12.1 Å². The van der Waals surface area contributed by atoms with E-state index in [1.54, 1.807) is 24.1 Å². The number of likely N-dealkylation sites (N-methyl/N-ethyl adjacent to an activating group) is 1. The summed E-state index contributed by atoms with van der Waals surface area (Å²) in [6.45, 7) is -0.0279. The minimum Gasteiger partial charge on any atom is -0.351 e. The van der Waals surface area contributed by atoms with Gasteiger partial charge in [-0.05, 0) is 30.3 Å². The van der Waals surface area contributed by atoms with E-state index in [0.29, 0.717) is 0 Å². The molecule has 0 aliphatic heterocycles. The van der Waals surface area contributed by atoms with Crippen LogP contribution in [0, 0.1) is 5.82 Å². The van der Waals surface area contributed by atoms with Crippen LogP contribution < -0.4 is 11.1 Å². The van der Waals surface area contributed by atoms with Crippen LogP contribution >= 0.6 is 0 Å². The van der Waals surface area contributed by atoms with Crippen LogP contribution in [0.4, 0.5) is 9.18 Å². The average molecular weight is 315 g/mol. The first-order valence-corrected chi connectivity index (χ1v) is 7.07. The summed E-state index contributed by atoms with van der Waals surface area (Å²) >= 11 is 0. The molecule has 5 nitrogen and oxygen atoms in total. The molecule has 3 N–H and O–H groups in total. The predicted molar refractivity (Wildman–Crippen MR) is 85.0 cm³/mol. The van der Waals surface area contributed by atoms with Crippen molar-refractivity contribution in [3.8, 4) is 0 Å². The van der Waals surface area contributed by atoms with Crippen molar-refractivity contribution in [2.75, 3.05) is 13.6 Å². The van der Waals surface area contributed by atoms with E-state index >= 15 is 0 Å². The monoisotopic (exact) mass is 315 g/mol. The Morgan fingerprint density at radius 1 is 1.09 bits per heavy atom. The van der Waals surface area contributed by atoms with Gasteiger partial charge in [0.2, 0.25) is 5.91 Å². The quantitative estimate of drug-likeness (QED) is 0.886. The summed E-state index contributed by atoms with van der Waals surface area (Å²) < 4.78 is 13.2. The van der Waals surface area contributed by atoms with Crippen molar-refractivity contribution in [3.63, 3.8) is 0 Å². The van der Waals surface area contributed by atoms with Gasteiger partial charge in [0, 0.05) is 0 Å². The number of carbonyl (C=O) groups is 2. The summed E-state index contributed by atoms with van der Waals surface area (Å²) in [5.74, 6) is -0.822. The zero-order valence-corrected chi connectivity index (χ0v) is 12.7. The van der Waals surface area contributed by atoms with Gasteiger partial charge < -0.3 is 5.73 Å². The highest BCUT2D eigenvalue weighted by Gasteiger charge is 2.21. The largest absolute Gasteiger partial charge is 0.351 e. The maximum atomic E-state index is 13.2. The second-order valence-electron chi connectivity index (χ2n) is 5.19. The molecule has 0 radical (unpaired) electrons. The lowest BCUT2D eigenvalue weighted by Gasteiger charge is -2.28. The summed E-state index contributed by atoms with van der Waals surface area (Å²) in [6.07, 6.45) is 0. The number of nitrogens with two attached hydrogens (primary N) is 1. The Balaban J connectivity index is 2.28. The Labute approximate surface area is 133 Å². The average Bonchev–Trinajstić information content (AvgIpc) is 2.49. The summed E-state index contributed by atoms with van der Waals surface area (Å²) in [5.41, 5.74) is 6.75. The molecule has 0 heterocycles. The van der Waals surface area contributed by atoms with Crippen molar-refractivity contribution < 1.29 is 14.0 Å². The SMILES string of the molecule is CN(CC(=O)NC(N)=O)C(c1ccccc1)c1ccc(F)cc1. The standard InChI is InChI=1S/C17H18FN3O2/c1-21(11-15(22)20-17(19)23)16(12-5-3-2-4-6-12)13-7-9-14(18)10-8-13/h2-10,16H,11H2,1H3,(H3,19,20,22,23). The molecule has 0 saturated heterocycles. The molecule has 1 unspecified atom stereocenters. The minimum atomic E-state index is -0.888. The number of hydrogen-bond acceptors (Lipinski definition) is 3. The van der Waals surface area contributed by atoms with Crippen molar-refractivity contribution in [1.82, 2.24) is 10.2 Å². The van der Waals surface area contributed by atoms with Crippen LogP contribution in [0.15, 0.2) is 54.6 Å². The van der Waals surface area contributed by atoms with Crippen LogP contribution in [-0.2, 0) is 4.79 Å². The van der Waals surface area contributed by atoms with Crippen molar-refractivity contribution in [1.29, 1.82) is 0 Å². The Morgan fingerprint density at radius 3 is 2.22 bits per heavy atom. The van der Waals surface area contributed by atoms with Crippen molar-refractivity contribution in [2.24, 2.45) is 5.73 Å². The van der Waals surface area contributed by atoms with E-state index in [9.17, 15) is 14.0 Å². The van der Waals surface area contributed by atoms with Crippen LogP contribution in [0.3, 0.4) is 0 Å². The Morgan fingerprint density at radius 2 is 1.65 bits per heavy atom. The fourth-order valence-corrected chi connectivity index (χ4v) is 2.48. The van der Waals surface area contributed by atoms with Gasteiger partial charge in [0.25, 0.3) is 0 Å². The van der Waals surface area contributed by atoms with Gasteiger partial charge >= 0.3 is 6.03 Å². The molecule has 0 aromatic heterocycles. The third-order valence-corrected chi connectivity index (χ3v) is 3.40. The Kier molecular flexibility index (Phi) is 5.43. The molecular formula is C17H18FN3O2. The minimum absolute atomic E-state index is 0.0279. The second-order valence-corrected chi connectivity index (χ2v) is 5.19. The van der Waals surface area contributed by atoms with Gasteiger partial charge in [-0.15, -0.1) is 0 Å². The van der Waals surface area contributed by atoms with Gasteiger partial charge in [-0.3, -0.25) is 15.0 Å². The third kappa shape index (κ3) is 4.62. The fraction of sp³-hybridized carbons (Fsp3) is 0.176. The van der Waals surface area contributed by atoms with Crippen LogP contribution in [-0.4, -0.2) is 30.4 Å². The van der Waals surface area contributed by atoms with Gasteiger partial charge in [0.1, 0.15) is 5.82 Å². The van der Waals surface area contributed by atoms with Crippen LogP contribution in [0.25, 0.3) is 0 Å². The summed E-state index contributed by atoms with van der Waals surface area (Å²) in [6, 6.07) is 14.5. The molecule has 0 fully saturated rings. The lowest BCUT2D eigenvalue weighted by molar-refractivity contribution is -0.121. The number of primary amides is 1. The van der Waals surface area contributed by atoms with Gasteiger partial charge in [-0.25, -0.2) is 9.18 Å². The number of rotatable bonds is 5. The second kappa shape index (κ2) is 7.51. The zero-order chi connectivity index (χ0) is 16.8. The van der Waals surface area contributed by atoms with E-state index in [-0.39, 0.29) is 18.4 Å². The van der Waals surface area contributed by atoms with Gasteiger partial charge in [0.15, 0.2) is 0 Å². The highest BCUT2D eigenvalue weighted by atomic mass is 19.1. The normalized spacial score (nSPS) is 12.0. The number of benzene rings is 2. The van der Waals surface area contributed by atoms with Gasteiger partial charge in [-0.1, -0.05) is 42.5 Å². The summed E-state index contributed by atoms with van der Waals surface area (Å²) in [7, 11) is 1.75. The molecule has 0 aliphatic carbocycles. The molecule has 0 spiro atoms. The van der Waals surface area contributed by atoms with E-state index < -0.39 is 11.9 Å². The number of imide groups is 1. The number of nitrogens with one attached hydrogen (secondary N) is 1. The lowest BCUT2D eigenvalue weighted by Crippen LogP contribution is -2.42. The van der Waals surface area contributed by atoms with Crippen LogP contribution in [0.2, 0.25) is 0 Å². The van der Waals surface area contributed by atoms with E-state index in [1.807, 2.05) is 35.6 Å². The molecule has 23 heavy (non-hydrogen) atoms. The lowest BCUT2D eigenvalue weighted by atomic mass is 9.97. The Hall–Kier alpha value is -2.73. The molecule has 3 amide bonds. The molecule has 0 saturated carbocycles. The number of nitrogens with zero attached hydrogens (tertiary/aromatic N) is 1. The molecule has 6 heteroatoms. The van der Waals surface area contributed by atoms with E-state index in [0.717, 1.165) is 11.1 Å². The first-order chi connectivity index (χ1) is 11.0. The molecular weight excluding hydrogens is 297 g/mol. The summed E-state index contributed by atoms with van der Waals surface area (Å²) in [5, 5.41) is 2.04. The highest BCUT2D eigenvalue weighted by Crippen LogP contribution is 2.27. The first kappa shape index (κ1) is 16.6. The predicted octanol–water partition coefficient (Wildman–Crippen LogP) is 2.04. The molecule has 120 valence electrons. The highest BCUT2D eigenvalue weighted by molar-refractivity contribution is 5.94. The maximum absolute atomic E-state index is 13.2. The van der Waals surface area contributed by atoms with E-state index in [4.69, 9.17) is 5.73 Å². The smallest absolute Gasteiger partial charge is 0.318 e. The molecule has 2 aromatic carbocycles. The molecule has 0 bridgehead atoms. The molecule has 2 rings (SSSR count). The number of amides is 3. The van der Waals surface area contributed by atoms with Crippen molar-refractivity contribution in [3.05, 3.63) is 71.5 Å². The molecule has 0 aliphatic rings. The van der Waals surface area contributed by atoms with E-state index in [2.05, 4.69) is 0 Å². The summed E-state index contributed by atoms with van der Waals surface area (Å²) in [4.78, 5) is 24.3. The van der Waals surface area contributed by atoms with Crippen LogP contribution in [0.1, 0.15) is 17.2 Å². The van der Waals surface area contributed by atoms with Gasteiger partial charge in [-0.2, -0.15) is 0 Å². The number of carbonyl (C=O) groups excluding carboxylic acids is 2.